The standard InChI is InChI=1S/C18H22BrN3O2/c1-11(2)18(24)22-9-7-12(8-10-22)20-17(23)16-15(19)13-5-3-4-6-14(13)21-16/h3-6,11-12,21H,7-10H2,1-2H3,(H,20,23). The predicted molar refractivity (Wildman–Crippen MR) is 97.9 cm³/mol. The van der Waals surface area contributed by atoms with Crippen molar-refractivity contribution in [2.75, 3.05) is 13.1 Å². The van der Waals surface area contributed by atoms with Gasteiger partial charge >= 0.3 is 0 Å². The van der Waals surface area contributed by atoms with Gasteiger partial charge in [0.1, 0.15) is 5.69 Å². The van der Waals surface area contributed by atoms with E-state index in [1.807, 2.05) is 43.0 Å². The van der Waals surface area contributed by atoms with E-state index in [0.29, 0.717) is 18.8 Å². The van der Waals surface area contributed by atoms with Crippen molar-refractivity contribution in [1.82, 2.24) is 15.2 Å². The van der Waals surface area contributed by atoms with E-state index in [1.54, 1.807) is 0 Å². The van der Waals surface area contributed by atoms with Crippen LogP contribution in [0.2, 0.25) is 0 Å². The summed E-state index contributed by atoms with van der Waals surface area (Å²) in [6.45, 7) is 5.25. The predicted octanol–water partition coefficient (Wildman–Crippen LogP) is 3.31. The number of piperidine rings is 1. The zero-order valence-electron chi connectivity index (χ0n) is 13.9. The molecule has 0 atom stereocenters. The Bertz CT molecular complexity index is 761. The molecule has 0 bridgehead atoms. The van der Waals surface area contributed by atoms with Gasteiger partial charge in [0.2, 0.25) is 5.91 Å². The number of benzene rings is 1. The Morgan fingerprint density at radius 3 is 2.54 bits per heavy atom. The van der Waals surface area contributed by atoms with Gasteiger partial charge in [-0.2, -0.15) is 0 Å². The third kappa shape index (κ3) is 3.34. The van der Waals surface area contributed by atoms with Gasteiger partial charge in [-0.3, -0.25) is 9.59 Å². The molecule has 0 spiro atoms. The molecule has 0 radical (unpaired) electrons. The Balaban J connectivity index is 1.63. The Hall–Kier alpha value is -1.82. The van der Waals surface area contributed by atoms with Crippen LogP contribution >= 0.6 is 15.9 Å². The van der Waals surface area contributed by atoms with E-state index in [4.69, 9.17) is 0 Å². The van der Waals surface area contributed by atoms with Crippen LogP contribution in [-0.4, -0.2) is 40.8 Å². The van der Waals surface area contributed by atoms with E-state index in [1.165, 1.54) is 0 Å². The summed E-state index contributed by atoms with van der Waals surface area (Å²) >= 11 is 3.52. The van der Waals surface area contributed by atoms with Crippen molar-refractivity contribution in [2.45, 2.75) is 32.7 Å². The molecule has 0 saturated carbocycles. The van der Waals surface area contributed by atoms with E-state index in [0.717, 1.165) is 28.2 Å². The minimum atomic E-state index is -0.105. The molecule has 2 aromatic rings. The summed E-state index contributed by atoms with van der Waals surface area (Å²) in [7, 11) is 0. The number of fused-ring (bicyclic) bond motifs is 1. The summed E-state index contributed by atoms with van der Waals surface area (Å²) in [6.07, 6.45) is 1.59. The van der Waals surface area contributed by atoms with E-state index >= 15 is 0 Å². The smallest absolute Gasteiger partial charge is 0.269 e. The van der Waals surface area contributed by atoms with E-state index in [2.05, 4.69) is 26.2 Å². The largest absolute Gasteiger partial charge is 0.350 e. The molecule has 5 nitrogen and oxygen atoms in total. The first kappa shape index (κ1) is 17.0. The molecule has 24 heavy (non-hydrogen) atoms. The fourth-order valence-corrected chi connectivity index (χ4v) is 3.76. The van der Waals surface area contributed by atoms with Crippen molar-refractivity contribution >= 4 is 38.6 Å². The molecule has 2 amide bonds. The van der Waals surface area contributed by atoms with Gasteiger partial charge < -0.3 is 15.2 Å². The molecule has 0 unspecified atom stereocenters. The van der Waals surface area contributed by atoms with Gasteiger partial charge in [-0.15, -0.1) is 0 Å². The maximum atomic E-state index is 12.6. The molecule has 1 aliphatic heterocycles. The molecule has 2 heterocycles. The average molecular weight is 392 g/mol. The van der Waals surface area contributed by atoms with Crippen LogP contribution < -0.4 is 5.32 Å². The monoisotopic (exact) mass is 391 g/mol. The Labute approximate surface area is 149 Å². The summed E-state index contributed by atoms with van der Waals surface area (Å²) < 4.78 is 0.794. The highest BCUT2D eigenvalue weighted by molar-refractivity contribution is 9.10. The number of hydrogen-bond acceptors (Lipinski definition) is 2. The van der Waals surface area contributed by atoms with Crippen LogP contribution in [0.1, 0.15) is 37.2 Å². The van der Waals surface area contributed by atoms with Crippen molar-refractivity contribution in [3.05, 3.63) is 34.4 Å². The second-order valence-corrected chi connectivity index (χ2v) is 7.38. The molecular weight excluding hydrogens is 370 g/mol. The van der Waals surface area contributed by atoms with Crippen molar-refractivity contribution in [2.24, 2.45) is 5.92 Å². The zero-order valence-corrected chi connectivity index (χ0v) is 15.5. The first-order valence-corrected chi connectivity index (χ1v) is 9.12. The first-order valence-electron chi connectivity index (χ1n) is 8.33. The van der Waals surface area contributed by atoms with Crippen LogP contribution in [0.5, 0.6) is 0 Å². The number of nitrogens with zero attached hydrogens (tertiary/aromatic N) is 1. The number of amides is 2. The second kappa shape index (κ2) is 6.97. The van der Waals surface area contributed by atoms with Gasteiger partial charge in [0.15, 0.2) is 0 Å². The van der Waals surface area contributed by atoms with Crippen LogP contribution in [0.15, 0.2) is 28.7 Å². The maximum Gasteiger partial charge on any atom is 0.269 e. The van der Waals surface area contributed by atoms with Gasteiger partial charge in [0.05, 0.1) is 4.47 Å². The number of carbonyl (C=O) groups excluding carboxylic acids is 2. The summed E-state index contributed by atoms with van der Waals surface area (Å²) in [5, 5.41) is 4.09. The number of aromatic amines is 1. The number of rotatable bonds is 3. The molecule has 6 heteroatoms. The number of carbonyl (C=O) groups is 2. The molecule has 1 aromatic carbocycles. The van der Waals surface area contributed by atoms with Crippen LogP contribution in [0.3, 0.4) is 0 Å². The average Bonchev–Trinajstić information content (AvgIpc) is 2.92. The summed E-state index contributed by atoms with van der Waals surface area (Å²) in [4.78, 5) is 29.7. The van der Waals surface area contributed by atoms with Crippen molar-refractivity contribution in [3.8, 4) is 0 Å². The summed E-state index contributed by atoms with van der Waals surface area (Å²) in [6, 6.07) is 7.92. The molecule has 1 saturated heterocycles. The number of para-hydroxylation sites is 1. The maximum absolute atomic E-state index is 12.6. The van der Waals surface area contributed by atoms with E-state index in [-0.39, 0.29) is 23.8 Å². The third-order valence-corrected chi connectivity index (χ3v) is 5.33. The molecule has 1 fully saturated rings. The van der Waals surface area contributed by atoms with Crippen molar-refractivity contribution < 1.29 is 9.59 Å². The number of H-pyrrole nitrogens is 1. The number of aromatic nitrogens is 1. The van der Waals surface area contributed by atoms with Crippen LogP contribution in [0, 0.1) is 5.92 Å². The highest BCUT2D eigenvalue weighted by Gasteiger charge is 2.26. The lowest BCUT2D eigenvalue weighted by molar-refractivity contribution is -0.135. The topological polar surface area (TPSA) is 65.2 Å². The number of hydrogen-bond donors (Lipinski definition) is 2. The lowest BCUT2D eigenvalue weighted by Crippen LogP contribution is -2.47. The first-order chi connectivity index (χ1) is 11.5. The minimum Gasteiger partial charge on any atom is -0.350 e. The molecule has 1 aromatic heterocycles. The third-order valence-electron chi connectivity index (χ3n) is 4.51. The highest BCUT2D eigenvalue weighted by atomic mass is 79.9. The van der Waals surface area contributed by atoms with Gasteiger partial charge in [0, 0.05) is 36.0 Å². The molecule has 1 aliphatic rings. The van der Waals surface area contributed by atoms with Crippen molar-refractivity contribution in [1.29, 1.82) is 0 Å². The minimum absolute atomic E-state index is 0.0263. The Morgan fingerprint density at radius 1 is 1.25 bits per heavy atom. The second-order valence-electron chi connectivity index (χ2n) is 6.59. The number of halogens is 1. The molecule has 3 rings (SSSR count). The Kier molecular flexibility index (Phi) is 4.94. The number of nitrogens with one attached hydrogen (secondary N) is 2. The van der Waals surface area contributed by atoms with Gasteiger partial charge in [-0.1, -0.05) is 32.0 Å². The van der Waals surface area contributed by atoms with E-state index < -0.39 is 0 Å². The lowest BCUT2D eigenvalue weighted by Gasteiger charge is -2.33. The molecule has 2 N–H and O–H groups in total. The summed E-state index contributed by atoms with van der Waals surface area (Å²) in [5.41, 5.74) is 1.49. The fraction of sp³-hybridized carbons (Fsp3) is 0.444. The van der Waals surface area contributed by atoms with Crippen LogP contribution in [0.4, 0.5) is 0 Å². The number of likely N-dealkylation sites (tertiary alicyclic amines) is 1. The van der Waals surface area contributed by atoms with Gasteiger partial charge in [-0.05, 0) is 34.8 Å². The lowest BCUT2D eigenvalue weighted by atomic mass is 10.0. The Morgan fingerprint density at radius 2 is 1.92 bits per heavy atom. The van der Waals surface area contributed by atoms with E-state index in [9.17, 15) is 9.59 Å². The summed E-state index contributed by atoms with van der Waals surface area (Å²) in [5.74, 6) is 0.114. The molecule has 0 aliphatic carbocycles. The van der Waals surface area contributed by atoms with Crippen LogP contribution in [0.25, 0.3) is 10.9 Å². The highest BCUT2D eigenvalue weighted by Crippen LogP contribution is 2.27. The van der Waals surface area contributed by atoms with Crippen molar-refractivity contribution in [3.63, 3.8) is 0 Å². The van der Waals surface area contributed by atoms with Gasteiger partial charge in [0.25, 0.3) is 5.91 Å². The fourth-order valence-electron chi connectivity index (χ4n) is 3.13. The molecular formula is C18H22BrN3O2. The SMILES string of the molecule is CC(C)C(=O)N1CCC(NC(=O)c2[nH]c3ccccc3c2Br)CC1. The van der Waals surface area contributed by atoms with Crippen LogP contribution in [-0.2, 0) is 4.79 Å². The quantitative estimate of drug-likeness (QED) is 0.842. The zero-order chi connectivity index (χ0) is 17.3. The normalized spacial score (nSPS) is 15.9. The molecule has 128 valence electrons. The van der Waals surface area contributed by atoms with Gasteiger partial charge in [-0.25, -0.2) is 0 Å².